The maximum absolute atomic E-state index is 11.7. The number of hydrogen-bond donors (Lipinski definition) is 1. The van der Waals surface area contributed by atoms with Gasteiger partial charge in [-0.2, -0.15) is 0 Å². The number of likely N-dealkylation sites (tertiary alicyclic amines) is 1. The fraction of sp³-hybridized carbons (Fsp3) is 0.909. The van der Waals surface area contributed by atoms with E-state index in [0.29, 0.717) is 19.1 Å². The number of hydrogen-bond acceptors (Lipinski definition) is 3. The minimum absolute atomic E-state index is 0.210. The van der Waals surface area contributed by atoms with E-state index in [1.807, 2.05) is 25.8 Å². The van der Waals surface area contributed by atoms with E-state index in [1.54, 1.807) is 0 Å². The van der Waals surface area contributed by atoms with Gasteiger partial charge in [-0.1, -0.05) is 0 Å². The van der Waals surface area contributed by atoms with E-state index in [9.17, 15) is 4.79 Å². The van der Waals surface area contributed by atoms with Crippen LogP contribution in [0.4, 0.5) is 0 Å². The minimum Gasteiger partial charge on any atom is -0.378 e. The molecule has 1 fully saturated rings. The quantitative estimate of drug-likeness (QED) is 0.729. The molecule has 88 valence electrons. The zero-order valence-corrected chi connectivity index (χ0v) is 9.95. The molecule has 0 aromatic carbocycles. The molecule has 1 atom stereocenters. The van der Waals surface area contributed by atoms with Gasteiger partial charge in [0, 0.05) is 19.1 Å². The van der Waals surface area contributed by atoms with Crippen LogP contribution in [0.3, 0.4) is 0 Å². The fourth-order valence-electron chi connectivity index (χ4n) is 1.76. The Labute approximate surface area is 92.0 Å². The van der Waals surface area contributed by atoms with Crippen LogP contribution in [0.15, 0.2) is 0 Å². The molecule has 1 saturated heterocycles. The monoisotopic (exact) mass is 214 g/mol. The Morgan fingerprint density at radius 3 is 2.87 bits per heavy atom. The van der Waals surface area contributed by atoms with Crippen molar-refractivity contribution in [3.8, 4) is 0 Å². The summed E-state index contributed by atoms with van der Waals surface area (Å²) in [5, 5.41) is 3.20. The van der Waals surface area contributed by atoms with Crippen LogP contribution in [0.2, 0.25) is 0 Å². The Bertz CT molecular complexity index is 207. The highest BCUT2D eigenvalue weighted by atomic mass is 16.5. The third kappa shape index (κ3) is 4.18. The fourth-order valence-corrected chi connectivity index (χ4v) is 1.76. The highest BCUT2D eigenvalue weighted by molar-refractivity contribution is 5.76. The molecule has 0 bridgehead atoms. The van der Waals surface area contributed by atoms with E-state index >= 15 is 0 Å². The van der Waals surface area contributed by atoms with Crippen molar-refractivity contribution in [3.05, 3.63) is 0 Å². The van der Waals surface area contributed by atoms with E-state index in [-0.39, 0.29) is 12.0 Å². The van der Waals surface area contributed by atoms with E-state index in [2.05, 4.69) is 5.32 Å². The van der Waals surface area contributed by atoms with Gasteiger partial charge in [-0.3, -0.25) is 4.79 Å². The van der Waals surface area contributed by atoms with Crippen LogP contribution >= 0.6 is 0 Å². The van der Waals surface area contributed by atoms with Gasteiger partial charge in [0.1, 0.15) is 0 Å². The summed E-state index contributed by atoms with van der Waals surface area (Å²) in [5.74, 6) is 0.216. The first-order valence-corrected chi connectivity index (χ1v) is 5.70. The zero-order chi connectivity index (χ0) is 11.3. The number of ether oxygens (including phenoxy) is 1. The summed E-state index contributed by atoms with van der Waals surface area (Å²) >= 11 is 0. The van der Waals surface area contributed by atoms with Gasteiger partial charge in [-0.15, -0.1) is 0 Å². The third-order valence-electron chi connectivity index (χ3n) is 2.72. The van der Waals surface area contributed by atoms with Crippen LogP contribution in [0.5, 0.6) is 0 Å². The second-order valence-electron chi connectivity index (χ2n) is 4.28. The molecule has 0 saturated carbocycles. The Hall–Kier alpha value is -0.610. The van der Waals surface area contributed by atoms with Crippen molar-refractivity contribution in [1.29, 1.82) is 0 Å². The normalized spacial score (nSPS) is 21.3. The predicted octanol–water partition coefficient (Wildman–Crippen LogP) is 0.622. The predicted molar refractivity (Wildman–Crippen MR) is 59.7 cm³/mol. The van der Waals surface area contributed by atoms with Crippen molar-refractivity contribution in [2.24, 2.45) is 0 Å². The van der Waals surface area contributed by atoms with Gasteiger partial charge in [-0.25, -0.2) is 0 Å². The summed E-state index contributed by atoms with van der Waals surface area (Å²) in [5.41, 5.74) is 0. The number of carbonyl (C=O) groups excluding carboxylic acids is 1. The van der Waals surface area contributed by atoms with E-state index in [0.717, 1.165) is 19.5 Å². The van der Waals surface area contributed by atoms with E-state index in [4.69, 9.17) is 4.74 Å². The molecule has 4 nitrogen and oxygen atoms in total. The average molecular weight is 214 g/mol. The zero-order valence-electron chi connectivity index (χ0n) is 9.95. The van der Waals surface area contributed by atoms with Crippen LogP contribution in [-0.2, 0) is 9.53 Å². The summed E-state index contributed by atoms with van der Waals surface area (Å²) in [6, 6.07) is 0.472. The summed E-state index contributed by atoms with van der Waals surface area (Å²) in [6.45, 7) is 6.23. The summed E-state index contributed by atoms with van der Waals surface area (Å²) in [4.78, 5) is 13.6. The highest BCUT2D eigenvalue weighted by Crippen LogP contribution is 2.10. The van der Waals surface area contributed by atoms with Crippen LogP contribution in [-0.4, -0.2) is 49.7 Å². The SMILES string of the molecule is CNC1CCN(C(=O)CCOC(C)C)C1. The Balaban J connectivity index is 2.18. The molecule has 0 aliphatic carbocycles. The first-order valence-electron chi connectivity index (χ1n) is 5.70. The summed E-state index contributed by atoms with van der Waals surface area (Å²) in [7, 11) is 1.94. The number of likely N-dealkylation sites (N-methyl/N-ethyl adjacent to an activating group) is 1. The van der Waals surface area contributed by atoms with Crippen molar-refractivity contribution < 1.29 is 9.53 Å². The van der Waals surface area contributed by atoms with Crippen LogP contribution in [0, 0.1) is 0 Å². The van der Waals surface area contributed by atoms with Crippen molar-refractivity contribution in [3.63, 3.8) is 0 Å². The third-order valence-corrected chi connectivity index (χ3v) is 2.72. The highest BCUT2D eigenvalue weighted by Gasteiger charge is 2.24. The van der Waals surface area contributed by atoms with Gasteiger partial charge >= 0.3 is 0 Å². The number of carbonyl (C=O) groups is 1. The summed E-state index contributed by atoms with van der Waals surface area (Å²) in [6.07, 6.45) is 1.78. The molecule has 4 heteroatoms. The van der Waals surface area contributed by atoms with E-state index in [1.165, 1.54) is 0 Å². The molecule has 1 amide bonds. The Morgan fingerprint density at radius 1 is 1.60 bits per heavy atom. The number of rotatable bonds is 5. The molecule has 0 aromatic heterocycles. The molecule has 0 spiro atoms. The lowest BCUT2D eigenvalue weighted by Gasteiger charge is -2.16. The topological polar surface area (TPSA) is 41.6 Å². The van der Waals surface area contributed by atoms with Crippen LogP contribution in [0.1, 0.15) is 26.7 Å². The smallest absolute Gasteiger partial charge is 0.224 e. The largest absolute Gasteiger partial charge is 0.378 e. The van der Waals surface area contributed by atoms with Gasteiger partial charge in [-0.05, 0) is 27.3 Å². The Morgan fingerprint density at radius 2 is 2.33 bits per heavy atom. The average Bonchev–Trinajstić information content (AvgIpc) is 2.65. The molecule has 1 unspecified atom stereocenters. The number of nitrogens with zero attached hydrogens (tertiary/aromatic N) is 1. The first kappa shape index (κ1) is 12.5. The minimum atomic E-state index is 0.210. The van der Waals surface area contributed by atoms with Crippen molar-refractivity contribution in [2.45, 2.75) is 38.8 Å². The van der Waals surface area contributed by atoms with Gasteiger partial charge < -0.3 is 15.0 Å². The molecule has 1 N–H and O–H groups in total. The van der Waals surface area contributed by atoms with Crippen LogP contribution in [0.25, 0.3) is 0 Å². The van der Waals surface area contributed by atoms with E-state index < -0.39 is 0 Å². The maximum Gasteiger partial charge on any atom is 0.224 e. The molecular weight excluding hydrogens is 192 g/mol. The van der Waals surface area contributed by atoms with Gasteiger partial charge in [0.15, 0.2) is 0 Å². The second-order valence-corrected chi connectivity index (χ2v) is 4.28. The molecule has 0 aromatic rings. The number of amides is 1. The standard InChI is InChI=1S/C11H22N2O2/c1-9(2)15-7-5-11(14)13-6-4-10(8-13)12-3/h9-10,12H,4-8H2,1-3H3. The second kappa shape index (κ2) is 6.08. The lowest BCUT2D eigenvalue weighted by molar-refractivity contribution is -0.131. The molecule has 1 rings (SSSR count). The van der Waals surface area contributed by atoms with Gasteiger partial charge in [0.05, 0.1) is 19.1 Å². The van der Waals surface area contributed by atoms with Crippen molar-refractivity contribution >= 4 is 5.91 Å². The molecule has 15 heavy (non-hydrogen) atoms. The molecular formula is C11H22N2O2. The maximum atomic E-state index is 11.7. The molecule has 0 radical (unpaired) electrons. The number of nitrogens with one attached hydrogen (secondary N) is 1. The van der Waals surface area contributed by atoms with Gasteiger partial charge in [0.25, 0.3) is 0 Å². The van der Waals surface area contributed by atoms with Gasteiger partial charge in [0.2, 0.25) is 5.91 Å². The molecule has 1 aliphatic rings. The molecule has 1 aliphatic heterocycles. The van der Waals surface area contributed by atoms with Crippen molar-refractivity contribution in [1.82, 2.24) is 10.2 Å². The van der Waals surface area contributed by atoms with Crippen molar-refractivity contribution in [2.75, 3.05) is 26.7 Å². The van der Waals surface area contributed by atoms with Crippen LogP contribution < -0.4 is 5.32 Å². The Kier molecular flexibility index (Phi) is 5.05. The molecule has 1 heterocycles. The summed E-state index contributed by atoms with van der Waals surface area (Å²) < 4.78 is 5.36. The first-order chi connectivity index (χ1) is 7.13. The lowest BCUT2D eigenvalue weighted by atomic mass is 10.3. The lowest BCUT2D eigenvalue weighted by Crippen LogP contribution is -2.33.